The number of fused-ring (bicyclic) bond motifs is 1. The Morgan fingerprint density at radius 1 is 1.07 bits per heavy atom. The standard InChI is InChI=1S/C22H26N2O4S/c1-16-6-4-5-14-24(16)29(26,27)18-11-9-17(10-12-18)22(25)23-20-13-15-28-21-8-3-2-7-19(20)21/h2-3,7-12,16,20H,4-6,13-15H2,1H3,(H,23,25)/t16-,20-/m1/s1. The van der Waals surface area contributed by atoms with Crippen molar-refractivity contribution in [2.24, 2.45) is 0 Å². The van der Waals surface area contributed by atoms with Crippen LogP contribution >= 0.6 is 0 Å². The summed E-state index contributed by atoms with van der Waals surface area (Å²) in [5.74, 6) is 0.572. The number of para-hydroxylation sites is 1. The number of ether oxygens (including phenoxy) is 1. The van der Waals surface area contributed by atoms with E-state index in [2.05, 4.69) is 5.32 Å². The van der Waals surface area contributed by atoms with Crippen LogP contribution in [0.3, 0.4) is 0 Å². The van der Waals surface area contributed by atoms with Gasteiger partial charge in [-0.2, -0.15) is 4.31 Å². The lowest BCUT2D eigenvalue weighted by Crippen LogP contribution is -2.41. The normalized spacial score (nSPS) is 22.4. The Morgan fingerprint density at radius 3 is 2.59 bits per heavy atom. The van der Waals surface area contributed by atoms with Crippen molar-refractivity contribution in [2.45, 2.75) is 49.6 Å². The topological polar surface area (TPSA) is 75.7 Å². The van der Waals surface area contributed by atoms with E-state index in [0.717, 1.165) is 30.6 Å². The molecule has 0 aromatic heterocycles. The molecule has 0 saturated carbocycles. The van der Waals surface area contributed by atoms with Crippen LogP contribution in [0.2, 0.25) is 0 Å². The maximum absolute atomic E-state index is 12.9. The van der Waals surface area contributed by atoms with Gasteiger partial charge in [-0.15, -0.1) is 0 Å². The maximum atomic E-state index is 12.9. The first-order valence-electron chi connectivity index (χ1n) is 10.1. The van der Waals surface area contributed by atoms with E-state index < -0.39 is 10.0 Å². The van der Waals surface area contributed by atoms with Crippen LogP contribution in [0.5, 0.6) is 5.75 Å². The zero-order valence-corrected chi connectivity index (χ0v) is 17.3. The predicted molar refractivity (Wildman–Crippen MR) is 110 cm³/mol. The molecule has 2 aliphatic rings. The Kier molecular flexibility index (Phi) is 5.61. The van der Waals surface area contributed by atoms with Gasteiger partial charge in [-0.1, -0.05) is 24.6 Å². The minimum absolute atomic E-state index is 0.00492. The molecule has 0 spiro atoms. The molecule has 1 N–H and O–H groups in total. The number of piperidine rings is 1. The van der Waals surface area contributed by atoms with E-state index in [1.165, 1.54) is 12.1 Å². The van der Waals surface area contributed by atoms with E-state index in [9.17, 15) is 13.2 Å². The zero-order chi connectivity index (χ0) is 20.4. The lowest BCUT2D eigenvalue weighted by Gasteiger charge is -2.32. The zero-order valence-electron chi connectivity index (χ0n) is 16.5. The Bertz CT molecular complexity index is 988. The van der Waals surface area contributed by atoms with Crippen molar-refractivity contribution in [1.82, 2.24) is 9.62 Å². The number of hydrogen-bond acceptors (Lipinski definition) is 4. The molecule has 2 aromatic carbocycles. The van der Waals surface area contributed by atoms with Crippen LogP contribution in [0.1, 0.15) is 54.6 Å². The highest BCUT2D eigenvalue weighted by Crippen LogP contribution is 2.32. The van der Waals surface area contributed by atoms with Crippen molar-refractivity contribution in [2.75, 3.05) is 13.2 Å². The lowest BCUT2D eigenvalue weighted by atomic mass is 10.00. The summed E-state index contributed by atoms with van der Waals surface area (Å²) in [7, 11) is -3.54. The Hall–Kier alpha value is -2.38. The molecule has 29 heavy (non-hydrogen) atoms. The second-order valence-corrected chi connectivity index (χ2v) is 9.58. The van der Waals surface area contributed by atoms with Gasteiger partial charge in [0.05, 0.1) is 17.5 Å². The van der Waals surface area contributed by atoms with Gasteiger partial charge < -0.3 is 10.1 Å². The van der Waals surface area contributed by atoms with Crippen molar-refractivity contribution < 1.29 is 17.9 Å². The monoisotopic (exact) mass is 414 g/mol. The van der Waals surface area contributed by atoms with E-state index >= 15 is 0 Å². The van der Waals surface area contributed by atoms with E-state index in [-0.39, 0.29) is 22.9 Å². The van der Waals surface area contributed by atoms with E-state index in [1.807, 2.05) is 31.2 Å². The summed E-state index contributed by atoms with van der Waals surface area (Å²) in [6, 6.07) is 13.8. The van der Waals surface area contributed by atoms with Gasteiger partial charge in [-0.05, 0) is 50.1 Å². The predicted octanol–water partition coefficient (Wildman–Crippen LogP) is 3.50. The van der Waals surface area contributed by atoms with E-state index in [1.54, 1.807) is 16.4 Å². The molecule has 1 saturated heterocycles. The SMILES string of the molecule is C[C@@H]1CCCCN1S(=O)(=O)c1ccc(C(=O)N[C@@H]2CCOc3ccccc32)cc1. The summed E-state index contributed by atoms with van der Waals surface area (Å²) in [6.07, 6.45) is 3.52. The van der Waals surface area contributed by atoms with Gasteiger partial charge in [0, 0.05) is 30.1 Å². The third kappa shape index (κ3) is 4.02. The molecule has 0 unspecified atom stereocenters. The van der Waals surface area contributed by atoms with Crippen LogP contribution in [-0.4, -0.2) is 37.8 Å². The summed E-state index contributed by atoms with van der Waals surface area (Å²) in [5.41, 5.74) is 1.41. The summed E-state index contributed by atoms with van der Waals surface area (Å²) >= 11 is 0. The quantitative estimate of drug-likeness (QED) is 0.831. The number of rotatable bonds is 4. The number of sulfonamides is 1. The van der Waals surface area contributed by atoms with E-state index in [0.29, 0.717) is 25.1 Å². The molecule has 0 aliphatic carbocycles. The summed E-state index contributed by atoms with van der Waals surface area (Å²) in [4.78, 5) is 13.0. The van der Waals surface area contributed by atoms with Crippen LogP contribution in [0.25, 0.3) is 0 Å². The van der Waals surface area contributed by atoms with Gasteiger partial charge in [-0.3, -0.25) is 4.79 Å². The largest absolute Gasteiger partial charge is 0.493 e. The average molecular weight is 415 g/mol. The maximum Gasteiger partial charge on any atom is 0.251 e. The minimum atomic E-state index is -3.54. The highest BCUT2D eigenvalue weighted by molar-refractivity contribution is 7.89. The van der Waals surface area contributed by atoms with Crippen LogP contribution in [0, 0.1) is 0 Å². The molecule has 0 bridgehead atoms. The first kappa shape index (κ1) is 19.9. The molecule has 0 radical (unpaired) electrons. The molecule has 2 atom stereocenters. The van der Waals surface area contributed by atoms with Gasteiger partial charge in [0.15, 0.2) is 0 Å². The van der Waals surface area contributed by atoms with Crippen LogP contribution < -0.4 is 10.1 Å². The van der Waals surface area contributed by atoms with E-state index in [4.69, 9.17) is 4.74 Å². The summed E-state index contributed by atoms with van der Waals surface area (Å²) in [5, 5.41) is 3.04. The fourth-order valence-corrected chi connectivity index (χ4v) is 5.78. The second-order valence-electron chi connectivity index (χ2n) is 7.69. The van der Waals surface area contributed by atoms with Crippen LogP contribution in [-0.2, 0) is 10.0 Å². The molecule has 1 fully saturated rings. The molecule has 4 rings (SSSR count). The minimum Gasteiger partial charge on any atom is -0.493 e. The highest BCUT2D eigenvalue weighted by atomic mass is 32.2. The highest BCUT2D eigenvalue weighted by Gasteiger charge is 2.31. The summed E-state index contributed by atoms with van der Waals surface area (Å²) in [6.45, 7) is 3.05. The van der Waals surface area contributed by atoms with Crippen LogP contribution in [0.15, 0.2) is 53.4 Å². The van der Waals surface area contributed by atoms with Crippen molar-refractivity contribution in [3.63, 3.8) is 0 Å². The Morgan fingerprint density at radius 2 is 1.83 bits per heavy atom. The molecule has 2 aliphatic heterocycles. The smallest absolute Gasteiger partial charge is 0.251 e. The van der Waals surface area contributed by atoms with Gasteiger partial charge in [-0.25, -0.2) is 8.42 Å². The molecule has 6 nitrogen and oxygen atoms in total. The lowest BCUT2D eigenvalue weighted by molar-refractivity contribution is 0.0924. The number of amides is 1. The molecule has 2 heterocycles. The number of hydrogen-bond donors (Lipinski definition) is 1. The third-order valence-corrected chi connectivity index (χ3v) is 7.76. The van der Waals surface area contributed by atoms with Gasteiger partial charge in [0.1, 0.15) is 5.75 Å². The molecule has 1 amide bonds. The fourth-order valence-electron chi connectivity index (χ4n) is 4.08. The molecule has 2 aromatic rings. The molecule has 154 valence electrons. The number of carbonyl (C=O) groups excluding carboxylic acids is 1. The van der Waals surface area contributed by atoms with Crippen LogP contribution in [0.4, 0.5) is 0 Å². The van der Waals surface area contributed by atoms with Gasteiger partial charge >= 0.3 is 0 Å². The number of benzene rings is 2. The molecular formula is C22H26N2O4S. The number of nitrogens with one attached hydrogen (secondary N) is 1. The van der Waals surface area contributed by atoms with Crippen molar-refractivity contribution in [3.8, 4) is 5.75 Å². The van der Waals surface area contributed by atoms with Crippen molar-refractivity contribution in [1.29, 1.82) is 0 Å². The fraction of sp³-hybridized carbons (Fsp3) is 0.409. The number of nitrogens with zero attached hydrogens (tertiary/aromatic N) is 1. The van der Waals surface area contributed by atoms with Gasteiger partial charge in [0.25, 0.3) is 5.91 Å². The second kappa shape index (κ2) is 8.16. The Labute approximate surface area is 171 Å². The summed E-state index contributed by atoms with van der Waals surface area (Å²) < 4.78 is 33.1. The first-order valence-corrected chi connectivity index (χ1v) is 11.6. The van der Waals surface area contributed by atoms with Crippen molar-refractivity contribution >= 4 is 15.9 Å². The Balaban J connectivity index is 1.49. The van der Waals surface area contributed by atoms with Crippen molar-refractivity contribution in [3.05, 3.63) is 59.7 Å². The number of carbonyl (C=O) groups is 1. The first-order chi connectivity index (χ1) is 14.0. The van der Waals surface area contributed by atoms with Gasteiger partial charge in [0.2, 0.25) is 10.0 Å². The molecule has 7 heteroatoms. The molecular weight excluding hydrogens is 388 g/mol. The average Bonchev–Trinajstić information content (AvgIpc) is 2.74. The third-order valence-electron chi connectivity index (χ3n) is 5.73.